The van der Waals surface area contributed by atoms with Gasteiger partial charge in [0.15, 0.2) is 0 Å². The summed E-state index contributed by atoms with van der Waals surface area (Å²) in [5.74, 6) is 0. The van der Waals surface area contributed by atoms with Crippen molar-refractivity contribution in [2.75, 3.05) is 0 Å². The Labute approximate surface area is 123 Å². The van der Waals surface area contributed by atoms with Crippen LogP contribution in [-0.4, -0.2) is 0 Å². The van der Waals surface area contributed by atoms with Gasteiger partial charge in [0, 0.05) is 9.70 Å². The number of thiophene rings is 1. The molecule has 0 amide bonds. The molecule has 1 heterocycles. The zero-order valence-electron chi connectivity index (χ0n) is 10.8. The number of rotatable bonds is 8. The second-order valence-electron chi connectivity index (χ2n) is 4.63. The predicted octanol–water partition coefficient (Wildman–Crippen LogP) is 6.90. The fourth-order valence-corrected chi connectivity index (χ4v) is 3.85. The summed E-state index contributed by atoms with van der Waals surface area (Å²) in [6.07, 6.45) is 9.40. The van der Waals surface area contributed by atoms with Gasteiger partial charge in [-0.15, -0.1) is 11.3 Å². The minimum absolute atomic E-state index is 0.491. The Morgan fingerprint density at radius 3 is 2.47 bits per heavy atom. The number of hydrogen-bond donors (Lipinski definition) is 0. The van der Waals surface area contributed by atoms with E-state index in [-0.39, 0.29) is 0 Å². The first-order chi connectivity index (χ1) is 8.15. The Morgan fingerprint density at radius 1 is 1.24 bits per heavy atom. The highest BCUT2D eigenvalue weighted by atomic mass is 79.9. The molecule has 1 unspecified atom stereocenters. The molecule has 0 N–H and O–H groups in total. The maximum atomic E-state index is 6.09. The second kappa shape index (κ2) is 8.55. The van der Waals surface area contributed by atoms with E-state index in [9.17, 15) is 0 Å². The van der Waals surface area contributed by atoms with Gasteiger partial charge in [-0.25, -0.2) is 0 Å². The standard InChI is InChI=1S/C14H22BrClS/c1-3-4-5-6-7-8-9-12(15)13-10-11(2)14(16)17-13/h10,12H,3-9H2,1-2H3. The van der Waals surface area contributed by atoms with Crippen molar-refractivity contribution in [2.24, 2.45) is 0 Å². The van der Waals surface area contributed by atoms with Crippen LogP contribution in [0.5, 0.6) is 0 Å². The van der Waals surface area contributed by atoms with E-state index in [1.807, 2.05) is 0 Å². The Kier molecular flexibility index (Phi) is 7.81. The molecule has 0 saturated carbocycles. The molecule has 3 heteroatoms. The van der Waals surface area contributed by atoms with E-state index in [0.29, 0.717) is 4.83 Å². The van der Waals surface area contributed by atoms with Crippen LogP contribution >= 0.6 is 38.9 Å². The van der Waals surface area contributed by atoms with Crippen molar-refractivity contribution >= 4 is 38.9 Å². The Bertz CT molecular complexity index is 303. The molecule has 0 bridgehead atoms. The third-order valence-corrected chi connectivity index (χ3v) is 5.92. The summed E-state index contributed by atoms with van der Waals surface area (Å²) >= 11 is 11.6. The molecule has 0 aliphatic heterocycles. The zero-order chi connectivity index (χ0) is 12.7. The van der Waals surface area contributed by atoms with Crippen molar-refractivity contribution in [3.8, 4) is 0 Å². The van der Waals surface area contributed by atoms with Gasteiger partial charge >= 0.3 is 0 Å². The lowest BCUT2D eigenvalue weighted by Crippen LogP contribution is -1.87. The monoisotopic (exact) mass is 336 g/mol. The Hall–Kier alpha value is 0.470. The highest BCUT2D eigenvalue weighted by molar-refractivity contribution is 9.09. The van der Waals surface area contributed by atoms with Crippen molar-refractivity contribution in [1.29, 1.82) is 0 Å². The van der Waals surface area contributed by atoms with Gasteiger partial charge in [0.2, 0.25) is 0 Å². The van der Waals surface area contributed by atoms with Crippen LogP contribution in [0, 0.1) is 6.92 Å². The highest BCUT2D eigenvalue weighted by Crippen LogP contribution is 2.37. The van der Waals surface area contributed by atoms with Gasteiger partial charge in [-0.1, -0.05) is 73.0 Å². The summed E-state index contributed by atoms with van der Waals surface area (Å²) in [5.41, 5.74) is 1.21. The van der Waals surface area contributed by atoms with Crippen molar-refractivity contribution < 1.29 is 0 Å². The van der Waals surface area contributed by atoms with Crippen molar-refractivity contribution in [3.05, 3.63) is 20.8 Å². The maximum Gasteiger partial charge on any atom is 0.0960 e. The quantitative estimate of drug-likeness (QED) is 0.357. The molecular weight excluding hydrogens is 316 g/mol. The molecule has 1 aromatic heterocycles. The molecule has 0 aliphatic rings. The molecule has 1 atom stereocenters. The lowest BCUT2D eigenvalue weighted by molar-refractivity contribution is 0.589. The average Bonchev–Trinajstić information content (AvgIpc) is 2.64. The van der Waals surface area contributed by atoms with Crippen LogP contribution in [0.15, 0.2) is 6.07 Å². The van der Waals surface area contributed by atoms with Crippen LogP contribution in [0.2, 0.25) is 4.34 Å². The number of alkyl halides is 1. The second-order valence-corrected chi connectivity index (χ2v) is 7.42. The average molecular weight is 338 g/mol. The van der Waals surface area contributed by atoms with Crippen LogP contribution in [0.25, 0.3) is 0 Å². The maximum absolute atomic E-state index is 6.09. The normalized spacial score (nSPS) is 12.9. The van der Waals surface area contributed by atoms with Gasteiger partial charge in [-0.05, 0) is 25.0 Å². The van der Waals surface area contributed by atoms with Crippen LogP contribution in [0.3, 0.4) is 0 Å². The molecule has 0 nitrogen and oxygen atoms in total. The SMILES string of the molecule is CCCCCCCCC(Br)c1cc(C)c(Cl)s1. The molecule has 0 aliphatic carbocycles. The van der Waals surface area contributed by atoms with E-state index < -0.39 is 0 Å². The van der Waals surface area contributed by atoms with Gasteiger partial charge in [-0.3, -0.25) is 0 Å². The van der Waals surface area contributed by atoms with Gasteiger partial charge in [0.05, 0.1) is 4.34 Å². The molecule has 98 valence electrons. The van der Waals surface area contributed by atoms with Gasteiger partial charge in [0.25, 0.3) is 0 Å². The lowest BCUT2D eigenvalue weighted by Gasteiger charge is -2.07. The number of hydrogen-bond acceptors (Lipinski definition) is 1. The first-order valence-electron chi connectivity index (χ1n) is 6.55. The third-order valence-electron chi connectivity index (χ3n) is 3.00. The molecule has 0 fully saturated rings. The first-order valence-corrected chi connectivity index (χ1v) is 8.66. The number of unbranched alkanes of at least 4 members (excludes halogenated alkanes) is 5. The smallest absolute Gasteiger partial charge is 0.0960 e. The minimum Gasteiger partial charge on any atom is -0.127 e. The van der Waals surface area contributed by atoms with Crippen LogP contribution in [-0.2, 0) is 0 Å². The number of halogens is 2. The fraction of sp³-hybridized carbons (Fsp3) is 0.714. The summed E-state index contributed by atoms with van der Waals surface area (Å²) in [5, 5.41) is 0. The number of aryl methyl sites for hydroxylation is 1. The third kappa shape index (κ3) is 5.76. The first kappa shape index (κ1) is 15.5. The molecule has 17 heavy (non-hydrogen) atoms. The lowest BCUT2D eigenvalue weighted by atomic mass is 10.1. The van der Waals surface area contributed by atoms with E-state index in [1.165, 1.54) is 55.4 Å². The molecule has 0 aromatic carbocycles. The topological polar surface area (TPSA) is 0 Å². The van der Waals surface area contributed by atoms with Crippen LogP contribution in [0.1, 0.15) is 67.1 Å². The molecule has 1 aromatic rings. The van der Waals surface area contributed by atoms with Crippen LogP contribution in [0.4, 0.5) is 0 Å². The molecule has 0 spiro atoms. The predicted molar refractivity (Wildman–Crippen MR) is 83.7 cm³/mol. The highest BCUT2D eigenvalue weighted by Gasteiger charge is 2.11. The van der Waals surface area contributed by atoms with Crippen molar-refractivity contribution in [2.45, 2.75) is 63.6 Å². The zero-order valence-corrected chi connectivity index (χ0v) is 13.9. The Balaban J connectivity index is 2.19. The largest absolute Gasteiger partial charge is 0.127 e. The molecule has 0 saturated heterocycles. The summed E-state index contributed by atoms with van der Waals surface area (Å²) < 4.78 is 0.937. The van der Waals surface area contributed by atoms with E-state index in [0.717, 1.165) is 4.34 Å². The molecule has 1 rings (SSSR count). The van der Waals surface area contributed by atoms with E-state index >= 15 is 0 Å². The Morgan fingerprint density at radius 2 is 1.88 bits per heavy atom. The van der Waals surface area contributed by atoms with Crippen LogP contribution < -0.4 is 0 Å². The summed E-state index contributed by atoms with van der Waals surface area (Å²) in [4.78, 5) is 1.87. The molecule has 0 radical (unpaired) electrons. The van der Waals surface area contributed by atoms with Crippen molar-refractivity contribution in [1.82, 2.24) is 0 Å². The fourth-order valence-electron chi connectivity index (χ4n) is 1.88. The van der Waals surface area contributed by atoms with E-state index in [2.05, 4.69) is 35.8 Å². The van der Waals surface area contributed by atoms with E-state index in [1.54, 1.807) is 11.3 Å². The summed E-state index contributed by atoms with van der Waals surface area (Å²) in [7, 11) is 0. The van der Waals surface area contributed by atoms with Gasteiger partial charge < -0.3 is 0 Å². The minimum atomic E-state index is 0.491. The molecular formula is C14H22BrClS. The summed E-state index contributed by atoms with van der Waals surface area (Å²) in [6, 6.07) is 2.21. The summed E-state index contributed by atoms with van der Waals surface area (Å²) in [6.45, 7) is 4.34. The van der Waals surface area contributed by atoms with Gasteiger partial charge in [0.1, 0.15) is 0 Å². The van der Waals surface area contributed by atoms with E-state index in [4.69, 9.17) is 11.6 Å². The van der Waals surface area contributed by atoms with Gasteiger partial charge in [-0.2, -0.15) is 0 Å². The van der Waals surface area contributed by atoms with Crippen molar-refractivity contribution in [3.63, 3.8) is 0 Å².